The van der Waals surface area contributed by atoms with E-state index in [-0.39, 0.29) is 6.03 Å². The maximum atomic E-state index is 12.1. The summed E-state index contributed by atoms with van der Waals surface area (Å²) in [6.07, 6.45) is 2.03. The average Bonchev–Trinajstić information content (AvgIpc) is 2.50. The standard InChI is InChI=1S/C18H22N2OS/c1-12(2)14-6-5-13(3)17(11-14)20-18(21)19-15-7-9-16(22-4)10-8-15/h5-12H,1-4H3,(H2,19,20,21). The van der Waals surface area contributed by atoms with Crippen molar-refractivity contribution in [1.29, 1.82) is 0 Å². The van der Waals surface area contributed by atoms with Crippen LogP contribution in [0.5, 0.6) is 0 Å². The highest BCUT2D eigenvalue weighted by molar-refractivity contribution is 7.98. The maximum absolute atomic E-state index is 12.1. The summed E-state index contributed by atoms with van der Waals surface area (Å²) in [4.78, 5) is 13.3. The van der Waals surface area contributed by atoms with Crippen LogP contribution in [0.15, 0.2) is 47.4 Å². The number of carbonyl (C=O) groups excluding carboxylic acids is 1. The highest BCUT2D eigenvalue weighted by Crippen LogP contribution is 2.23. The van der Waals surface area contributed by atoms with Crippen LogP contribution in [0, 0.1) is 6.92 Å². The Labute approximate surface area is 136 Å². The van der Waals surface area contributed by atoms with Gasteiger partial charge in [0.15, 0.2) is 0 Å². The van der Waals surface area contributed by atoms with Crippen LogP contribution in [0.4, 0.5) is 16.2 Å². The predicted octanol–water partition coefficient (Wildman–Crippen LogP) is 5.48. The molecule has 2 aromatic carbocycles. The largest absolute Gasteiger partial charge is 0.323 e. The third-order valence-electron chi connectivity index (χ3n) is 3.52. The molecule has 0 aromatic heterocycles. The lowest BCUT2D eigenvalue weighted by Crippen LogP contribution is -2.20. The van der Waals surface area contributed by atoms with Gasteiger partial charge in [-0.1, -0.05) is 26.0 Å². The van der Waals surface area contributed by atoms with E-state index in [1.165, 1.54) is 10.5 Å². The minimum absolute atomic E-state index is 0.221. The lowest BCUT2D eigenvalue weighted by molar-refractivity contribution is 0.262. The van der Waals surface area contributed by atoms with Gasteiger partial charge in [-0.3, -0.25) is 0 Å². The third-order valence-corrected chi connectivity index (χ3v) is 4.27. The van der Waals surface area contributed by atoms with Crippen LogP contribution in [0.2, 0.25) is 0 Å². The Kier molecular flexibility index (Phi) is 5.50. The van der Waals surface area contributed by atoms with Gasteiger partial charge in [0.2, 0.25) is 0 Å². The number of thioether (sulfide) groups is 1. The van der Waals surface area contributed by atoms with Crippen LogP contribution in [0.25, 0.3) is 0 Å². The minimum atomic E-state index is -0.221. The Morgan fingerprint density at radius 2 is 1.73 bits per heavy atom. The molecule has 0 heterocycles. The number of urea groups is 1. The average molecular weight is 314 g/mol. The van der Waals surface area contributed by atoms with E-state index >= 15 is 0 Å². The van der Waals surface area contributed by atoms with Crippen molar-refractivity contribution in [3.8, 4) is 0 Å². The lowest BCUT2D eigenvalue weighted by Gasteiger charge is -2.13. The Balaban J connectivity index is 2.06. The SMILES string of the molecule is CSc1ccc(NC(=O)Nc2cc(C(C)C)ccc2C)cc1. The Morgan fingerprint density at radius 3 is 2.32 bits per heavy atom. The first-order chi connectivity index (χ1) is 10.5. The monoisotopic (exact) mass is 314 g/mol. The molecule has 0 unspecified atom stereocenters. The summed E-state index contributed by atoms with van der Waals surface area (Å²) in [5.41, 5.74) is 3.90. The molecule has 0 aliphatic carbocycles. The zero-order valence-corrected chi connectivity index (χ0v) is 14.3. The topological polar surface area (TPSA) is 41.1 Å². The molecule has 0 bridgehead atoms. The second-order valence-electron chi connectivity index (χ2n) is 5.54. The summed E-state index contributed by atoms with van der Waals surface area (Å²) in [5, 5.41) is 5.79. The first-order valence-corrected chi connectivity index (χ1v) is 8.54. The molecule has 3 nitrogen and oxygen atoms in total. The number of rotatable bonds is 4. The highest BCUT2D eigenvalue weighted by atomic mass is 32.2. The minimum Gasteiger partial charge on any atom is -0.308 e. The smallest absolute Gasteiger partial charge is 0.308 e. The Morgan fingerprint density at radius 1 is 1.05 bits per heavy atom. The quantitative estimate of drug-likeness (QED) is 0.733. The van der Waals surface area contributed by atoms with Crippen molar-refractivity contribution in [3.63, 3.8) is 0 Å². The normalized spacial score (nSPS) is 10.6. The van der Waals surface area contributed by atoms with E-state index in [9.17, 15) is 4.79 Å². The first-order valence-electron chi connectivity index (χ1n) is 7.32. The number of nitrogens with one attached hydrogen (secondary N) is 2. The van der Waals surface area contributed by atoms with Crippen molar-refractivity contribution in [2.24, 2.45) is 0 Å². The highest BCUT2D eigenvalue weighted by Gasteiger charge is 2.07. The molecule has 2 rings (SSSR count). The molecule has 2 N–H and O–H groups in total. The lowest BCUT2D eigenvalue weighted by atomic mass is 10.0. The second-order valence-corrected chi connectivity index (χ2v) is 6.42. The summed E-state index contributed by atoms with van der Waals surface area (Å²) in [6.45, 7) is 6.27. The van der Waals surface area contributed by atoms with Gasteiger partial charge in [0, 0.05) is 16.3 Å². The summed E-state index contributed by atoms with van der Waals surface area (Å²) >= 11 is 1.68. The summed E-state index contributed by atoms with van der Waals surface area (Å²) in [6, 6.07) is 13.8. The number of amides is 2. The zero-order valence-electron chi connectivity index (χ0n) is 13.4. The molecule has 0 fully saturated rings. The van der Waals surface area contributed by atoms with Crippen LogP contribution in [0.1, 0.15) is 30.9 Å². The molecule has 2 amide bonds. The summed E-state index contributed by atoms with van der Waals surface area (Å²) < 4.78 is 0. The van der Waals surface area contributed by atoms with Crippen LogP contribution in [-0.4, -0.2) is 12.3 Å². The molecule has 0 atom stereocenters. The van der Waals surface area contributed by atoms with E-state index in [1.54, 1.807) is 11.8 Å². The van der Waals surface area contributed by atoms with Crippen LogP contribution in [0.3, 0.4) is 0 Å². The van der Waals surface area contributed by atoms with Gasteiger partial charge >= 0.3 is 6.03 Å². The molecule has 0 aliphatic rings. The van der Waals surface area contributed by atoms with Gasteiger partial charge in [-0.25, -0.2) is 4.79 Å². The molecule has 0 aliphatic heterocycles. The van der Waals surface area contributed by atoms with Crippen molar-refractivity contribution in [2.45, 2.75) is 31.6 Å². The van der Waals surface area contributed by atoms with Gasteiger partial charge in [0.05, 0.1) is 0 Å². The Hall–Kier alpha value is -1.94. The molecule has 0 radical (unpaired) electrons. The van der Waals surface area contributed by atoms with Gasteiger partial charge in [-0.2, -0.15) is 0 Å². The maximum Gasteiger partial charge on any atom is 0.323 e. The van der Waals surface area contributed by atoms with Crippen LogP contribution in [-0.2, 0) is 0 Å². The van der Waals surface area contributed by atoms with Crippen LogP contribution >= 0.6 is 11.8 Å². The van der Waals surface area contributed by atoms with Gasteiger partial charge in [-0.15, -0.1) is 11.8 Å². The molecule has 0 spiro atoms. The Bertz CT molecular complexity index is 651. The third kappa shape index (κ3) is 4.28. The molecular weight excluding hydrogens is 292 g/mol. The molecular formula is C18H22N2OS. The van der Waals surface area contributed by atoms with Crippen molar-refractivity contribution in [2.75, 3.05) is 16.9 Å². The first kappa shape index (κ1) is 16.4. The summed E-state index contributed by atoms with van der Waals surface area (Å²) in [5.74, 6) is 0.434. The van der Waals surface area contributed by atoms with Crippen molar-refractivity contribution >= 4 is 29.2 Å². The van der Waals surface area contributed by atoms with Gasteiger partial charge < -0.3 is 10.6 Å². The number of anilines is 2. The number of hydrogen-bond acceptors (Lipinski definition) is 2. The molecule has 2 aromatic rings. The number of benzene rings is 2. The van der Waals surface area contributed by atoms with E-state index in [4.69, 9.17) is 0 Å². The van der Waals surface area contributed by atoms with Gasteiger partial charge in [0.1, 0.15) is 0 Å². The van der Waals surface area contributed by atoms with Crippen molar-refractivity contribution < 1.29 is 4.79 Å². The van der Waals surface area contributed by atoms with Crippen molar-refractivity contribution in [1.82, 2.24) is 0 Å². The fourth-order valence-electron chi connectivity index (χ4n) is 2.09. The predicted molar refractivity (Wildman–Crippen MR) is 96.1 cm³/mol. The number of aryl methyl sites for hydroxylation is 1. The van der Waals surface area contributed by atoms with E-state index < -0.39 is 0 Å². The van der Waals surface area contributed by atoms with E-state index in [1.807, 2.05) is 49.6 Å². The van der Waals surface area contributed by atoms with Crippen LogP contribution < -0.4 is 10.6 Å². The van der Waals surface area contributed by atoms with Gasteiger partial charge in [0.25, 0.3) is 0 Å². The molecule has 116 valence electrons. The second kappa shape index (κ2) is 7.36. The van der Waals surface area contributed by atoms with E-state index in [2.05, 4.69) is 30.5 Å². The van der Waals surface area contributed by atoms with E-state index in [0.717, 1.165) is 16.9 Å². The molecule has 22 heavy (non-hydrogen) atoms. The number of hydrogen-bond donors (Lipinski definition) is 2. The molecule has 4 heteroatoms. The fourth-order valence-corrected chi connectivity index (χ4v) is 2.50. The molecule has 0 saturated carbocycles. The van der Waals surface area contributed by atoms with Gasteiger partial charge in [-0.05, 0) is 60.6 Å². The van der Waals surface area contributed by atoms with Crippen molar-refractivity contribution in [3.05, 3.63) is 53.6 Å². The number of carbonyl (C=O) groups is 1. The van der Waals surface area contributed by atoms with E-state index in [0.29, 0.717) is 5.92 Å². The zero-order chi connectivity index (χ0) is 16.1. The summed E-state index contributed by atoms with van der Waals surface area (Å²) in [7, 11) is 0. The fraction of sp³-hybridized carbons (Fsp3) is 0.278. The molecule has 0 saturated heterocycles.